The zero-order valence-electron chi connectivity index (χ0n) is 18.2. The molecule has 0 saturated carbocycles. The molecule has 3 rings (SSSR count). The fourth-order valence-corrected chi connectivity index (χ4v) is 4.24. The van der Waals surface area contributed by atoms with E-state index in [1.165, 1.54) is 4.90 Å². The summed E-state index contributed by atoms with van der Waals surface area (Å²) < 4.78 is 25.3. The van der Waals surface area contributed by atoms with Crippen LogP contribution >= 0.6 is 23.7 Å². The number of hydrogen-bond donors (Lipinski definition) is 2. The normalized spacial score (nSPS) is 16.8. The van der Waals surface area contributed by atoms with Crippen LogP contribution in [-0.2, 0) is 15.7 Å². The number of amides is 1. The van der Waals surface area contributed by atoms with E-state index in [0.29, 0.717) is 45.6 Å². The Balaban J connectivity index is 0.00000176. The number of nitrogens with two attached hydrogens (primary N) is 1. The van der Waals surface area contributed by atoms with Crippen LogP contribution in [0, 0.1) is 0 Å². The zero-order valence-corrected chi connectivity index (χ0v) is 20.6. The summed E-state index contributed by atoms with van der Waals surface area (Å²) in [4.78, 5) is 15.2. The Morgan fingerprint density at radius 3 is 2.88 bits per heavy atom. The highest BCUT2D eigenvalue weighted by molar-refractivity contribution is 7.95. The number of carbonyl (C=O) groups is 1. The molecule has 1 atom stereocenters. The van der Waals surface area contributed by atoms with Crippen molar-refractivity contribution in [1.82, 2.24) is 4.90 Å². The second-order valence-corrected chi connectivity index (χ2v) is 8.57. The average Bonchev–Trinajstić information content (AvgIpc) is 2.81. The topological polar surface area (TPSA) is 97.0 Å². The van der Waals surface area contributed by atoms with Gasteiger partial charge in [-0.05, 0) is 48.9 Å². The lowest BCUT2D eigenvalue weighted by molar-refractivity contribution is 0.0790. The molecule has 0 saturated heterocycles. The number of ether oxygens (including phenoxy) is 1. The predicted molar refractivity (Wildman–Crippen MR) is 136 cm³/mol. The van der Waals surface area contributed by atoms with Crippen LogP contribution in [0.15, 0.2) is 69.9 Å². The van der Waals surface area contributed by atoms with Gasteiger partial charge in [-0.1, -0.05) is 31.5 Å². The van der Waals surface area contributed by atoms with Gasteiger partial charge in [0.2, 0.25) is 0 Å². The maximum Gasteiger partial charge on any atom is 0.256 e. The molecule has 1 aliphatic heterocycles. The van der Waals surface area contributed by atoms with Gasteiger partial charge in [0, 0.05) is 23.4 Å². The second-order valence-electron chi connectivity index (χ2n) is 6.47. The lowest BCUT2D eigenvalue weighted by Crippen LogP contribution is -2.30. The first kappa shape index (κ1) is 25.9. The quantitative estimate of drug-likeness (QED) is 0.511. The van der Waals surface area contributed by atoms with Crippen molar-refractivity contribution in [3.63, 3.8) is 0 Å². The largest absolute Gasteiger partial charge is 0.468 e. The maximum absolute atomic E-state index is 13.0. The standard InChI is InChI=1S/C20H21ClN4O3S2.C2H6/c1-25(13-16-6-2-3-10-28-16)20(26)18-9-8-14(21)11-19(18)24-30(27)17-7-4-5-15(12-17)23-29-22;1-2/h3-11,24H,2,12-13,22H2,1H3;1-2H3/b23-15-;. The minimum atomic E-state index is -1.58. The molecule has 0 fully saturated rings. The predicted octanol–water partition coefficient (Wildman–Crippen LogP) is 5.14. The van der Waals surface area contributed by atoms with E-state index in [4.69, 9.17) is 21.5 Å². The first-order valence-electron chi connectivity index (χ1n) is 10.0. The van der Waals surface area contributed by atoms with Gasteiger partial charge >= 0.3 is 0 Å². The number of anilines is 1. The van der Waals surface area contributed by atoms with Gasteiger partial charge in [0.25, 0.3) is 5.91 Å². The van der Waals surface area contributed by atoms with E-state index >= 15 is 0 Å². The van der Waals surface area contributed by atoms with Gasteiger partial charge in [-0.2, -0.15) is 0 Å². The molecule has 0 radical (unpaired) electrons. The first-order valence-corrected chi connectivity index (χ1v) is 12.4. The maximum atomic E-state index is 13.0. The molecular weight excluding hydrogens is 468 g/mol. The van der Waals surface area contributed by atoms with E-state index in [9.17, 15) is 9.00 Å². The lowest BCUT2D eigenvalue weighted by Gasteiger charge is -2.21. The van der Waals surface area contributed by atoms with Crippen molar-refractivity contribution in [2.45, 2.75) is 26.7 Å². The first-order chi connectivity index (χ1) is 15.5. The summed E-state index contributed by atoms with van der Waals surface area (Å²) in [5.41, 5.74) is 1.46. The Kier molecular flexibility index (Phi) is 10.8. The minimum absolute atomic E-state index is 0.246. The zero-order chi connectivity index (χ0) is 23.5. The van der Waals surface area contributed by atoms with Crippen LogP contribution < -0.4 is 9.86 Å². The number of allylic oxidation sites excluding steroid dienone is 6. The summed E-state index contributed by atoms with van der Waals surface area (Å²) in [6.07, 6.45) is 11.9. The fraction of sp³-hybridized carbons (Fsp3) is 0.273. The van der Waals surface area contributed by atoms with Crippen LogP contribution in [0.2, 0.25) is 5.02 Å². The second kappa shape index (κ2) is 13.3. The summed E-state index contributed by atoms with van der Waals surface area (Å²) in [5, 5.41) is 5.81. The number of nitrogens with one attached hydrogen (secondary N) is 1. The Morgan fingerprint density at radius 1 is 1.41 bits per heavy atom. The Bertz CT molecular complexity index is 1000. The molecule has 172 valence electrons. The van der Waals surface area contributed by atoms with Crippen molar-refractivity contribution < 1.29 is 13.7 Å². The SMILES string of the molecule is CC.CN(CC1=CCC=CO1)C(=O)c1ccc(Cl)cc1NS(=O)C1=CC=C/C(=N/SN)C1. The molecule has 3 N–H and O–H groups in total. The number of carbonyl (C=O) groups excluding carboxylic acids is 1. The Labute approximate surface area is 201 Å². The van der Waals surface area contributed by atoms with Gasteiger partial charge in [-0.15, -0.1) is 0 Å². The third-order valence-corrected chi connectivity index (χ3v) is 6.02. The van der Waals surface area contributed by atoms with Crippen LogP contribution in [0.4, 0.5) is 5.69 Å². The van der Waals surface area contributed by atoms with Crippen LogP contribution in [-0.4, -0.2) is 34.3 Å². The Morgan fingerprint density at radius 2 is 2.19 bits per heavy atom. The number of nitrogens with zero attached hydrogens (tertiary/aromatic N) is 2. The summed E-state index contributed by atoms with van der Waals surface area (Å²) in [6.45, 7) is 4.32. The number of likely N-dealkylation sites (N-methyl/N-ethyl adjacent to an activating group) is 1. The van der Waals surface area contributed by atoms with Gasteiger partial charge in [0.05, 0.1) is 41.9 Å². The van der Waals surface area contributed by atoms with Crippen LogP contribution in [0.5, 0.6) is 0 Å². The van der Waals surface area contributed by atoms with Crippen LogP contribution in [0.25, 0.3) is 0 Å². The number of benzene rings is 1. The van der Waals surface area contributed by atoms with Gasteiger partial charge in [-0.25, -0.2) is 8.61 Å². The highest BCUT2D eigenvalue weighted by Gasteiger charge is 2.20. The van der Waals surface area contributed by atoms with Gasteiger partial charge in [0.1, 0.15) is 16.7 Å². The van der Waals surface area contributed by atoms with Crippen molar-refractivity contribution in [2.75, 3.05) is 18.3 Å². The van der Waals surface area contributed by atoms with Crippen molar-refractivity contribution >= 4 is 52.0 Å². The molecule has 0 spiro atoms. The molecule has 1 heterocycles. The lowest BCUT2D eigenvalue weighted by atomic mass is 10.1. The number of rotatable bonds is 7. The highest BCUT2D eigenvalue weighted by atomic mass is 35.5. The molecule has 0 bridgehead atoms. The van der Waals surface area contributed by atoms with Crippen LogP contribution in [0.1, 0.15) is 37.0 Å². The van der Waals surface area contributed by atoms with Gasteiger partial charge in [0.15, 0.2) is 0 Å². The smallest absolute Gasteiger partial charge is 0.256 e. The molecule has 0 aromatic heterocycles. The molecule has 32 heavy (non-hydrogen) atoms. The van der Waals surface area contributed by atoms with Crippen molar-refractivity contribution in [2.24, 2.45) is 9.54 Å². The van der Waals surface area contributed by atoms with Gasteiger partial charge < -0.3 is 14.4 Å². The molecule has 1 aliphatic carbocycles. The monoisotopic (exact) mass is 494 g/mol. The van der Waals surface area contributed by atoms with Crippen molar-refractivity contribution in [3.05, 3.63) is 76.1 Å². The molecule has 1 aromatic carbocycles. The average molecular weight is 495 g/mol. The Hall–Kier alpha value is -2.33. The third-order valence-electron chi connectivity index (χ3n) is 4.29. The van der Waals surface area contributed by atoms with E-state index in [-0.39, 0.29) is 5.91 Å². The minimum Gasteiger partial charge on any atom is -0.468 e. The third kappa shape index (κ3) is 7.37. The van der Waals surface area contributed by atoms with Crippen LogP contribution in [0.3, 0.4) is 0 Å². The van der Waals surface area contributed by atoms with Crippen molar-refractivity contribution in [3.8, 4) is 0 Å². The van der Waals surface area contributed by atoms with E-state index in [0.717, 1.165) is 18.6 Å². The number of halogens is 1. The molecule has 1 amide bonds. The molecule has 1 aromatic rings. The van der Waals surface area contributed by atoms with Crippen molar-refractivity contribution in [1.29, 1.82) is 0 Å². The summed E-state index contributed by atoms with van der Waals surface area (Å²) in [7, 11) is 0.101. The molecule has 2 aliphatic rings. The number of hydrogen-bond acceptors (Lipinski definition) is 6. The summed E-state index contributed by atoms with van der Waals surface area (Å²) in [5.74, 6) is 0.452. The summed E-state index contributed by atoms with van der Waals surface area (Å²) >= 11 is 6.98. The summed E-state index contributed by atoms with van der Waals surface area (Å²) in [6, 6.07) is 4.83. The van der Waals surface area contributed by atoms with E-state index < -0.39 is 11.0 Å². The van der Waals surface area contributed by atoms with Gasteiger partial charge in [-0.3, -0.25) is 9.93 Å². The van der Waals surface area contributed by atoms with E-state index in [1.807, 2.05) is 26.0 Å². The highest BCUT2D eigenvalue weighted by Crippen LogP contribution is 2.26. The molecular formula is C22H27ClN4O3S2. The molecule has 1 unspecified atom stereocenters. The van der Waals surface area contributed by atoms with E-state index in [2.05, 4.69) is 9.12 Å². The fourth-order valence-electron chi connectivity index (χ4n) is 2.83. The molecule has 7 nitrogen and oxygen atoms in total. The molecule has 10 heteroatoms. The van der Waals surface area contributed by atoms with E-state index in [1.54, 1.807) is 49.7 Å².